The molecule has 0 aliphatic heterocycles. The van der Waals surface area contributed by atoms with Crippen molar-refractivity contribution in [2.45, 2.75) is 6.92 Å². The minimum atomic E-state index is -0.157. The number of H-pyrrole nitrogens is 1. The number of aromatic nitrogens is 4. The first kappa shape index (κ1) is 8.68. The third kappa shape index (κ3) is 1.44. The Kier molecular flexibility index (Phi) is 1.92. The van der Waals surface area contributed by atoms with Crippen molar-refractivity contribution in [2.75, 3.05) is 0 Å². The summed E-state index contributed by atoms with van der Waals surface area (Å²) in [5, 5.41) is 0. The molecule has 2 aromatic rings. The van der Waals surface area contributed by atoms with Gasteiger partial charge in [-0.15, -0.1) is 0 Å². The second-order valence-corrected chi connectivity index (χ2v) is 3.10. The molecule has 0 fully saturated rings. The summed E-state index contributed by atoms with van der Waals surface area (Å²) < 4.78 is 1.80. The summed E-state index contributed by atoms with van der Waals surface area (Å²) in [6.45, 7) is 1.78. The van der Waals surface area contributed by atoms with Crippen molar-refractivity contribution < 1.29 is 0 Å². The normalized spacial score (nSPS) is 10.4. The maximum absolute atomic E-state index is 11.2. The predicted molar refractivity (Wildman–Crippen MR) is 51.8 cm³/mol. The molecule has 0 bridgehead atoms. The van der Waals surface area contributed by atoms with Gasteiger partial charge in [0.05, 0.1) is 0 Å². The van der Waals surface area contributed by atoms with Gasteiger partial charge in [-0.05, 0) is 6.92 Å². The van der Waals surface area contributed by atoms with Crippen LogP contribution in [0.3, 0.4) is 0 Å². The van der Waals surface area contributed by atoms with Gasteiger partial charge in [0, 0.05) is 31.2 Å². The minimum absolute atomic E-state index is 0.157. The third-order valence-corrected chi connectivity index (χ3v) is 1.90. The second kappa shape index (κ2) is 3.10. The lowest BCUT2D eigenvalue weighted by Crippen LogP contribution is -2.10. The highest BCUT2D eigenvalue weighted by Crippen LogP contribution is 2.08. The molecule has 0 saturated carbocycles. The Labute approximate surface area is 80.5 Å². The zero-order valence-electron chi connectivity index (χ0n) is 7.98. The first-order valence-corrected chi connectivity index (χ1v) is 4.22. The van der Waals surface area contributed by atoms with Crippen molar-refractivity contribution in [3.8, 4) is 11.6 Å². The van der Waals surface area contributed by atoms with Crippen LogP contribution in [0.5, 0.6) is 0 Å². The smallest absolute Gasteiger partial charge is 0.251 e. The lowest BCUT2D eigenvalue weighted by atomic mass is 10.4. The van der Waals surface area contributed by atoms with Crippen molar-refractivity contribution in [2.24, 2.45) is 7.05 Å². The van der Waals surface area contributed by atoms with Crippen LogP contribution in [-0.2, 0) is 7.05 Å². The van der Waals surface area contributed by atoms with Crippen LogP contribution in [0.4, 0.5) is 0 Å². The van der Waals surface area contributed by atoms with Gasteiger partial charge >= 0.3 is 0 Å². The van der Waals surface area contributed by atoms with E-state index in [4.69, 9.17) is 0 Å². The van der Waals surface area contributed by atoms with E-state index >= 15 is 0 Å². The standard InChI is InChI=1S/C9H10N4O/c1-6-5-7(14)12-8(11-6)9-10-3-4-13(9)2/h3-5H,1-2H3,(H,11,12,14). The number of hydrogen-bond acceptors (Lipinski definition) is 3. The van der Waals surface area contributed by atoms with Gasteiger partial charge in [0.1, 0.15) is 0 Å². The fraction of sp³-hybridized carbons (Fsp3) is 0.222. The topological polar surface area (TPSA) is 63.6 Å². The number of hydrogen-bond donors (Lipinski definition) is 1. The third-order valence-electron chi connectivity index (χ3n) is 1.90. The number of aryl methyl sites for hydroxylation is 2. The summed E-state index contributed by atoms with van der Waals surface area (Å²) in [6.07, 6.45) is 3.47. The van der Waals surface area contributed by atoms with Gasteiger partial charge in [0.15, 0.2) is 11.6 Å². The molecular weight excluding hydrogens is 180 g/mol. The van der Waals surface area contributed by atoms with Crippen molar-refractivity contribution in [1.82, 2.24) is 19.5 Å². The first-order valence-electron chi connectivity index (χ1n) is 4.22. The van der Waals surface area contributed by atoms with Crippen molar-refractivity contribution in [3.63, 3.8) is 0 Å². The lowest BCUT2D eigenvalue weighted by molar-refractivity contribution is 0.898. The van der Waals surface area contributed by atoms with Gasteiger partial charge in [-0.1, -0.05) is 0 Å². The zero-order chi connectivity index (χ0) is 10.1. The van der Waals surface area contributed by atoms with E-state index in [0.29, 0.717) is 17.3 Å². The van der Waals surface area contributed by atoms with Crippen LogP contribution in [0.1, 0.15) is 5.69 Å². The summed E-state index contributed by atoms with van der Waals surface area (Å²) in [5.74, 6) is 1.16. The molecule has 0 atom stereocenters. The molecule has 14 heavy (non-hydrogen) atoms. The van der Waals surface area contributed by atoms with E-state index in [-0.39, 0.29) is 5.56 Å². The van der Waals surface area contributed by atoms with E-state index in [1.165, 1.54) is 6.07 Å². The van der Waals surface area contributed by atoms with Crippen LogP contribution in [0, 0.1) is 6.92 Å². The average molecular weight is 190 g/mol. The SMILES string of the molecule is Cc1cc(=O)[nH]c(-c2nccn2C)n1. The molecule has 0 radical (unpaired) electrons. The average Bonchev–Trinajstić information content (AvgIpc) is 2.49. The van der Waals surface area contributed by atoms with Crippen molar-refractivity contribution in [3.05, 3.63) is 34.5 Å². The Bertz CT molecular complexity index is 512. The zero-order valence-corrected chi connectivity index (χ0v) is 7.98. The van der Waals surface area contributed by atoms with Gasteiger partial charge in [0.2, 0.25) is 0 Å². The quantitative estimate of drug-likeness (QED) is 0.711. The van der Waals surface area contributed by atoms with E-state index in [1.54, 1.807) is 23.9 Å². The second-order valence-electron chi connectivity index (χ2n) is 3.10. The van der Waals surface area contributed by atoms with Crippen LogP contribution >= 0.6 is 0 Å². The Morgan fingerprint density at radius 1 is 1.50 bits per heavy atom. The summed E-state index contributed by atoms with van der Waals surface area (Å²) in [6, 6.07) is 1.45. The molecule has 2 heterocycles. The Balaban J connectivity index is 2.63. The van der Waals surface area contributed by atoms with Crippen LogP contribution < -0.4 is 5.56 Å². The summed E-state index contributed by atoms with van der Waals surface area (Å²) in [5.41, 5.74) is 0.530. The Hall–Kier alpha value is -1.91. The van der Waals surface area contributed by atoms with E-state index in [0.717, 1.165) is 0 Å². The molecule has 0 saturated heterocycles. The highest BCUT2D eigenvalue weighted by Gasteiger charge is 2.05. The molecule has 5 heteroatoms. The summed E-state index contributed by atoms with van der Waals surface area (Å²) >= 11 is 0. The minimum Gasteiger partial charge on any atom is -0.331 e. The van der Waals surface area contributed by atoms with Gasteiger partial charge in [0.25, 0.3) is 5.56 Å². The lowest BCUT2D eigenvalue weighted by Gasteiger charge is -2.00. The molecule has 72 valence electrons. The van der Waals surface area contributed by atoms with E-state index in [9.17, 15) is 4.79 Å². The molecule has 0 spiro atoms. The molecule has 0 unspecified atom stereocenters. The maximum atomic E-state index is 11.2. The monoisotopic (exact) mass is 190 g/mol. The molecule has 0 amide bonds. The predicted octanol–water partition coefficient (Wildman–Crippen LogP) is 0.479. The van der Waals surface area contributed by atoms with Gasteiger partial charge in [-0.25, -0.2) is 9.97 Å². The number of nitrogens with zero attached hydrogens (tertiary/aromatic N) is 3. The Morgan fingerprint density at radius 2 is 2.29 bits per heavy atom. The van der Waals surface area contributed by atoms with E-state index < -0.39 is 0 Å². The van der Waals surface area contributed by atoms with Gasteiger partial charge in [-0.2, -0.15) is 0 Å². The van der Waals surface area contributed by atoms with Crippen LogP contribution in [0.15, 0.2) is 23.3 Å². The van der Waals surface area contributed by atoms with Crippen LogP contribution in [-0.4, -0.2) is 19.5 Å². The van der Waals surface area contributed by atoms with E-state index in [1.807, 2.05) is 7.05 Å². The molecule has 1 N–H and O–H groups in total. The summed E-state index contributed by atoms with van der Waals surface area (Å²) in [4.78, 5) is 22.1. The van der Waals surface area contributed by atoms with Crippen molar-refractivity contribution >= 4 is 0 Å². The molecule has 2 aromatic heterocycles. The molecule has 0 aliphatic carbocycles. The fourth-order valence-corrected chi connectivity index (χ4v) is 1.28. The number of aromatic amines is 1. The molecule has 5 nitrogen and oxygen atoms in total. The number of rotatable bonds is 1. The summed E-state index contributed by atoms with van der Waals surface area (Å²) in [7, 11) is 1.85. The fourth-order valence-electron chi connectivity index (χ4n) is 1.28. The van der Waals surface area contributed by atoms with Crippen molar-refractivity contribution in [1.29, 1.82) is 0 Å². The molecule has 2 rings (SSSR count). The molecule has 0 aliphatic rings. The number of nitrogens with one attached hydrogen (secondary N) is 1. The highest BCUT2D eigenvalue weighted by molar-refractivity contribution is 5.43. The van der Waals surface area contributed by atoms with Crippen LogP contribution in [0.2, 0.25) is 0 Å². The largest absolute Gasteiger partial charge is 0.331 e. The van der Waals surface area contributed by atoms with Crippen LogP contribution in [0.25, 0.3) is 11.6 Å². The molecular formula is C9H10N4O. The van der Waals surface area contributed by atoms with Gasteiger partial charge < -0.3 is 9.55 Å². The van der Waals surface area contributed by atoms with E-state index in [2.05, 4.69) is 15.0 Å². The first-order chi connectivity index (χ1) is 6.66. The van der Waals surface area contributed by atoms with Gasteiger partial charge in [-0.3, -0.25) is 4.79 Å². The Morgan fingerprint density at radius 3 is 2.86 bits per heavy atom. The maximum Gasteiger partial charge on any atom is 0.251 e. The number of imidazole rings is 1. The highest BCUT2D eigenvalue weighted by atomic mass is 16.1. The molecule has 0 aromatic carbocycles.